The van der Waals surface area contributed by atoms with E-state index in [1.54, 1.807) is 9.80 Å². The molecule has 5 nitrogen and oxygen atoms in total. The lowest BCUT2D eigenvalue weighted by Gasteiger charge is -2.36. The van der Waals surface area contributed by atoms with Crippen LogP contribution in [0.2, 0.25) is 0 Å². The molecule has 0 spiro atoms. The highest BCUT2D eigenvalue weighted by Crippen LogP contribution is 2.18. The van der Waals surface area contributed by atoms with Gasteiger partial charge in [-0.3, -0.25) is 9.59 Å². The Bertz CT molecular complexity index is 532. The number of nitrogens with zero attached hydrogens (tertiary/aromatic N) is 3. The van der Waals surface area contributed by atoms with Crippen LogP contribution in [-0.4, -0.2) is 60.9 Å². The molecule has 1 aliphatic rings. The van der Waals surface area contributed by atoms with E-state index in [0.717, 1.165) is 13.1 Å². The first-order valence-corrected chi connectivity index (χ1v) is 7.96. The zero-order valence-corrected chi connectivity index (χ0v) is 13.7. The minimum absolute atomic E-state index is 0.368. The van der Waals surface area contributed by atoms with Crippen LogP contribution in [0.4, 0.5) is 5.69 Å². The van der Waals surface area contributed by atoms with Crippen molar-refractivity contribution in [2.24, 2.45) is 0 Å². The summed E-state index contributed by atoms with van der Waals surface area (Å²) in [6, 6.07) is 8.36. The Morgan fingerprint density at radius 1 is 1.09 bits per heavy atom. The fourth-order valence-corrected chi connectivity index (χ4v) is 2.77. The lowest BCUT2D eigenvalue weighted by atomic mass is 10.2. The molecule has 1 heterocycles. The molecule has 5 heteroatoms. The molecule has 120 valence electrons. The fourth-order valence-electron chi connectivity index (χ4n) is 2.77. The molecule has 2 amide bonds. The summed E-state index contributed by atoms with van der Waals surface area (Å²) in [5.74, 6) is -0.749. The van der Waals surface area contributed by atoms with Crippen LogP contribution in [0.15, 0.2) is 24.3 Å². The Balaban J connectivity index is 1.94. The van der Waals surface area contributed by atoms with Crippen molar-refractivity contribution in [2.45, 2.75) is 20.8 Å². The van der Waals surface area contributed by atoms with Gasteiger partial charge in [0.1, 0.15) is 0 Å². The van der Waals surface area contributed by atoms with Crippen molar-refractivity contribution >= 4 is 17.5 Å². The summed E-state index contributed by atoms with van der Waals surface area (Å²) in [6.45, 7) is 9.73. The Morgan fingerprint density at radius 3 is 2.27 bits per heavy atom. The second-order valence-electron chi connectivity index (χ2n) is 5.60. The van der Waals surface area contributed by atoms with Crippen LogP contribution in [0.1, 0.15) is 19.4 Å². The van der Waals surface area contributed by atoms with Crippen LogP contribution in [0.3, 0.4) is 0 Å². The minimum Gasteiger partial charge on any atom is -0.368 e. The predicted octanol–water partition coefficient (Wildman–Crippen LogP) is 1.51. The first kappa shape index (κ1) is 16.3. The predicted molar refractivity (Wildman–Crippen MR) is 87.9 cm³/mol. The summed E-state index contributed by atoms with van der Waals surface area (Å²) in [5.41, 5.74) is 2.41. The second-order valence-corrected chi connectivity index (χ2v) is 5.60. The summed E-state index contributed by atoms with van der Waals surface area (Å²) >= 11 is 0. The van der Waals surface area contributed by atoms with E-state index in [1.807, 2.05) is 19.9 Å². The van der Waals surface area contributed by atoms with E-state index in [2.05, 4.69) is 30.0 Å². The smallest absolute Gasteiger partial charge is 0.312 e. The number of benzene rings is 1. The molecule has 1 fully saturated rings. The fraction of sp³-hybridized carbons (Fsp3) is 0.529. The molecule has 1 aliphatic heterocycles. The molecular weight excluding hydrogens is 278 g/mol. The zero-order chi connectivity index (χ0) is 16.1. The molecular formula is C17H25N3O2. The zero-order valence-electron chi connectivity index (χ0n) is 13.7. The van der Waals surface area contributed by atoms with Gasteiger partial charge in [-0.2, -0.15) is 0 Å². The molecule has 0 atom stereocenters. The van der Waals surface area contributed by atoms with E-state index >= 15 is 0 Å². The molecule has 1 aromatic rings. The standard InChI is InChI=1S/C17H25N3O2/c1-4-18(5-2)16(21)17(22)20-11-9-19(10-12-20)15-8-6-7-14(3)13-15/h6-8,13H,4-5,9-12H2,1-3H3. The van der Waals surface area contributed by atoms with Gasteiger partial charge in [0.2, 0.25) is 0 Å². The van der Waals surface area contributed by atoms with E-state index in [-0.39, 0.29) is 11.8 Å². The maximum absolute atomic E-state index is 12.3. The first-order chi connectivity index (χ1) is 10.6. The summed E-state index contributed by atoms with van der Waals surface area (Å²) in [7, 11) is 0. The van der Waals surface area contributed by atoms with Gasteiger partial charge in [0.05, 0.1) is 0 Å². The lowest BCUT2D eigenvalue weighted by Crippen LogP contribution is -2.53. The molecule has 0 saturated carbocycles. The highest BCUT2D eigenvalue weighted by molar-refractivity contribution is 6.34. The van der Waals surface area contributed by atoms with Gasteiger partial charge in [0.15, 0.2) is 0 Å². The summed E-state index contributed by atoms with van der Waals surface area (Å²) in [6.07, 6.45) is 0. The highest BCUT2D eigenvalue weighted by Gasteiger charge is 2.28. The van der Waals surface area contributed by atoms with E-state index < -0.39 is 0 Å². The number of likely N-dealkylation sites (N-methyl/N-ethyl adjacent to an activating group) is 1. The average molecular weight is 303 g/mol. The third kappa shape index (κ3) is 3.59. The number of rotatable bonds is 3. The molecule has 0 aromatic heterocycles. The SMILES string of the molecule is CCN(CC)C(=O)C(=O)N1CCN(c2cccc(C)c2)CC1. The van der Waals surface area contributed by atoms with Gasteiger partial charge in [-0.25, -0.2) is 0 Å². The number of piperazine rings is 1. The van der Waals surface area contributed by atoms with E-state index in [0.29, 0.717) is 26.2 Å². The van der Waals surface area contributed by atoms with E-state index in [9.17, 15) is 9.59 Å². The molecule has 22 heavy (non-hydrogen) atoms. The van der Waals surface area contributed by atoms with Gasteiger partial charge in [0.25, 0.3) is 0 Å². The number of carbonyl (C=O) groups is 2. The van der Waals surface area contributed by atoms with Gasteiger partial charge in [-0.15, -0.1) is 0 Å². The number of hydrogen-bond donors (Lipinski definition) is 0. The van der Waals surface area contributed by atoms with Gasteiger partial charge in [0, 0.05) is 45.0 Å². The van der Waals surface area contributed by atoms with Crippen molar-refractivity contribution in [3.05, 3.63) is 29.8 Å². The van der Waals surface area contributed by atoms with Crippen LogP contribution in [-0.2, 0) is 9.59 Å². The van der Waals surface area contributed by atoms with Crippen molar-refractivity contribution < 1.29 is 9.59 Å². The Hall–Kier alpha value is -2.04. The van der Waals surface area contributed by atoms with Crippen molar-refractivity contribution in [3.63, 3.8) is 0 Å². The molecule has 0 radical (unpaired) electrons. The van der Waals surface area contributed by atoms with Gasteiger partial charge >= 0.3 is 11.8 Å². The summed E-state index contributed by atoms with van der Waals surface area (Å²) < 4.78 is 0. The normalized spacial score (nSPS) is 14.9. The van der Waals surface area contributed by atoms with Crippen molar-refractivity contribution in [1.82, 2.24) is 9.80 Å². The first-order valence-electron chi connectivity index (χ1n) is 7.96. The third-order valence-electron chi connectivity index (χ3n) is 4.17. The topological polar surface area (TPSA) is 43.9 Å². The Morgan fingerprint density at radius 2 is 1.73 bits per heavy atom. The van der Waals surface area contributed by atoms with Gasteiger partial charge < -0.3 is 14.7 Å². The summed E-state index contributed by atoms with van der Waals surface area (Å²) in [5, 5.41) is 0. The van der Waals surface area contributed by atoms with Crippen molar-refractivity contribution in [2.75, 3.05) is 44.2 Å². The van der Waals surface area contributed by atoms with E-state index in [1.165, 1.54) is 11.3 Å². The van der Waals surface area contributed by atoms with Crippen LogP contribution >= 0.6 is 0 Å². The molecule has 0 bridgehead atoms. The highest BCUT2D eigenvalue weighted by atomic mass is 16.2. The molecule has 0 unspecified atom stereocenters. The quantitative estimate of drug-likeness (QED) is 0.795. The van der Waals surface area contributed by atoms with Gasteiger partial charge in [-0.1, -0.05) is 12.1 Å². The third-order valence-corrected chi connectivity index (χ3v) is 4.17. The van der Waals surface area contributed by atoms with Crippen molar-refractivity contribution in [1.29, 1.82) is 0 Å². The van der Waals surface area contributed by atoms with Crippen molar-refractivity contribution in [3.8, 4) is 0 Å². The number of anilines is 1. The summed E-state index contributed by atoms with van der Waals surface area (Å²) in [4.78, 5) is 29.9. The molecule has 2 rings (SSSR count). The number of aryl methyl sites for hydroxylation is 1. The molecule has 1 saturated heterocycles. The number of hydrogen-bond acceptors (Lipinski definition) is 3. The van der Waals surface area contributed by atoms with Crippen LogP contribution in [0.5, 0.6) is 0 Å². The number of amides is 2. The largest absolute Gasteiger partial charge is 0.368 e. The van der Waals surface area contributed by atoms with Crippen LogP contribution < -0.4 is 4.90 Å². The average Bonchev–Trinajstić information content (AvgIpc) is 2.55. The maximum atomic E-state index is 12.3. The van der Waals surface area contributed by atoms with Gasteiger partial charge in [-0.05, 0) is 38.5 Å². The second kappa shape index (κ2) is 7.29. The monoisotopic (exact) mass is 303 g/mol. The minimum atomic E-state index is -0.381. The molecule has 1 aromatic carbocycles. The molecule has 0 N–H and O–H groups in total. The van der Waals surface area contributed by atoms with Crippen LogP contribution in [0, 0.1) is 6.92 Å². The lowest BCUT2D eigenvalue weighted by molar-refractivity contribution is -0.151. The molecule has 0 aliphatic carbocycles. The Labute approximate surface area is 132 Å². The number of carbonyl (C=O) groups excluding carboxylic acids is 2. The van der Waals surface area contributed by atoms with E-state index in [4.69, 9.17) is 0 Å². The Kier molecular flexibility index (Phi) is 5.41. The maximum Gasteiger partial charge on any atom is 0.312 e. The van der Waals surface area contributed by atoms with Crippen LogP contribution in [0.25, 0.3) is 0 Å².